The molecule has 1 aromatic heterocycles. The molecule has 7 heteroatoms. The Bertz CT molecular complexity index is 1050. The predicted molar refractivity (Wildman–Crippen MR) is 119 cm³/mol. The second-order valence-corrected chi connectivity index (χ2v) is 7.48. The molecule has 158 valence electrons. The van der Waals surface area contributed by atoms with Gasteiger partial charge in [-0.1, -0.05) is 18.2 Å². The fourth-order valence-corrected chi connectivity index (χ4v) is 3.14. The standard InChI is InChI=1S/C23H28N4O3/c1-4-30-20-10-11-21-17(15-20)14-18(22(28)25-21)16-27(13-12-26(2)3)23(29)24-19-8-6-5-7-9-19/h5-11,14-15H,4,12-13,16H2,1-3H3,(H,24,29)(H,25,28)/p+1. The normalized spacial score (nSPS) is 10.9. The number of aromatic nitrogens is 1. The highest BCUT2D eigenvalue weighted by atomic mass is 16.5. The summed E-state index contributed by atoms with van der Waals surface area (Å²) in [6.07, 6.45) is 0. The zero-order valence-corrected chi connectivity index (χ0v) is 17.7. The summed E-state index contributed by atoms with van der Waals surface area (Å²) in [7, 11) is 4.07. The third-order valence-electron chi connectivity index (χ3n) is 4.76. The lowest BCUT2D eigenvalue weighted by Gasteiger charge is -2.23. The van der Waals surface area contributed by atoms with Crippen LogP contribution in [0, 0.1) is 0 Å². The molecule has 30 heavy (non-hydrogen) atoms. The maximum atomic E-state index is 12.9. The van der Waals surface area contributed by atoms with Crippen molar-refractivity contribution in [3.8, 4) is 5.75 Å². The van der Waals surface area contributed by atoms with Gasteiger partial charge >= 0.3 is 6.03 Å². The number of amides is 2. The topological polar surface area (TPSA) is 78.9 Å². The molecule has 0 saturated carbocycles. The number of aromatic amines is 1. The Morgan fingerprint density at radius 1 is 1.13 bits per heavy atom. The highest BCUT2D eigenvalue weighted by Gasteiger charge is 2.17. The lowest BCUT2D eigenvalue weighted by Crippen LogP contribution is -3.06. The van der Waals surface area contributed by atoms with E-state index in [2.05, 4.69) is 10.3 Å². The number of anilines is 1. The number of carbonyl (C=O) groups is 1. The number of hydrogen-bond donors (Lipinski definition) is 3. The van der Waals surface area contributed by atoms with Crippen LogP contribution >= 0.6 is 0 Å². The summed E-state index contributed by atoms with van der Waals surface area (Å²) in [5, 5.41) is 3.79. The van der Waals surface area contributed by atoms with Crippen molar-refractivity contribution in [1.29, 1.82) is 0 Å². The first kappa shape index (κ1) is 21.4. The number of quaternary nitrogens is 1. The molecule has 0 spiro atoms. The van der Waals surface area contributed by atoms with E-state index in [4.69, 9.17) is 4.74 Å². The molecule has 0 atom stereocenters. The number of para-hydroxylation sites is 1. The van der Waals surface area contributed by atoms with Gasteiger partial charge in [0, 0.05) is 22.2 Å². The molecule has 0 saturated heterocycles. The molecule has 2 amide bonds. The molecule has 2 aromatic carbocycles. The van der Waals surface area contributed by atoms with Gasteiger partial charge in [-0.15, -0.1) is 0 Å². The van der Waals surface area contributed by atoms with Gasteiger partial charge in [0.1, 0.15) is 5.75 Å². The fraction of sp³-hybridized carbons (Fsp3) is 0.304. The van der Waals surface area contributed by atoms with Gasteiger partial charge in [-0.2, -0.15) is 0 Å². The van der Waals surface area contributed by atoms with Crippen LogP contribution in [0.5, 0.6) is 5.75 Å². The van der Waals surface area contributed by atoms with E-state index in [1.807, 2.05) is 75.6 Å². The largest absolute Gasteiger partial charge is 0.494 e. The number of hydrogen-bond acceptors (Lipinski definition) is 3. The number of nitrogens with one attached hydrogen (secondary N) is 3. The average molecular weight is 410 g/mol. The second kappa shape index (κ2) is 9.93. The third-order valence-corrected chi connectivity index (χ3v) is 4.76. The molecule has 0 radical (unpaired) electrons. The lowest BCUT2D eigenvalue weighted by atomic mass is 10.1. The smallest absolute Gasteiger partial charge is 0.322 e. The number of nitrogens with zero attached hydrogens (tertiary/aromatic N) is 1. The van der Waals surface area contributed by atoms with Crippen LogP contribution in [0.4, 0.5) is 10.5 Å². The molecule has 0 aliphatic heterocycles. The highest BCUT2D eigenvalue weighted by Crippen LogP contribution is 2.20. The minimum Gasteiger partial charge on any atom is -0.494 e. The second-order valence-electron chi connectivity index (χ2n) is 7.48. The summed E-state index contributed by atoms with van der Waals surface area (Å²) in [6.45, 7) is 4.01. The van der Waals surface area contributed by atoms with E-state index in [-0.39, 0.29) is 18.1 Å². The molecule has 0 aliphatic carbocycles. The van der Waals surface area contributed by atoms with E-state index in [0.29, 0.717) is 18.7 Å². The van der Waals surface area contributed by atoms with Crippen molar-refractivity contribution in [1.82, 2.24) is 9.88 Å². The van der Waals surface area contributed by atoms with Crippen molar-refractivity contribution in [3.05, 3.63) is 70.5 Å². The maximum Gasteiger partial charge on any atom is 0.322 e. The Kier molecular flexibility index (Phi) is 7.08. The number of urea groups is 1. The Balaban J connectivity index is 1.86. The molecule has 0 bridgehead atoms. The SMILES string of the molecule is CCOc1ccc2[nH]c(=O)c(CN(CC[NH+](C)C)C(=O)Nc3ccccc3)cc2c1. The van der Waals surface area contributed by atoms with Gasteiger partial charge in [0.25, 0.3) is 5.56 Å². The number of likely N-dealkylation sites (N-methyl/N-ethyl adjacent to an activating group) is 1. The first-order valence-corrected chi connectivity index (χ1v) is 10.1. The van der Waals surface area contributed by atoms with Crippen LogP contribution in [0.3, 0.4) is 0 Å². The van der Waals surface area contributed by atoms with Crippen LogP contribution in [0.25, 0.3) is 10.9 Å². The van der Waals surface area contributed by atoms with Gasteiger partial charge in [0.15, 0.2) is 0 Å². The van der Waals surface area contributed by atoms with E-state index in [0.717, 1.165) is 28.9 Å². The summed E-state index contributed by atoms with van der Waals surface area (Å²) in [4.78, 5) is 31.4. The molecule has 7 nitrogen and oxygen atoms in total. The van der Waals surface area contributed by atoms with Crippen molar-refractivity contribution in [3.63, 3.8) is 0 Å². The van der Waals surface area contributed by atoms with Crippen molar-refractivity contribution >= 4 is 22.6 Å². The van der Waals surface area contributed by atoms with Gasteiger partial charge in [-0.05, 0) is 43.3 Å². The first-order chi connectivity index (χ1) is 14.5. The predicted octanol–water partition coefficient (Wildman–Crippen LogP) is 2.11. The van der Waals surface area contributed by atoms with Gasteiger partial charge in [-0.3, -0.25) is 4.79 Å². The lowest BCUT2D eigenvalue weighted by molar-refractivity contribution is -0.857. The van der Waals surface area contributed by atoms with Crippen LogP contribution in [0.15, 0.2) is 59.4 Å². The number of rotatable bonds is 8. The van der Waals surface area contributed by atoms with E-state index in [1.54, 1.807) is 4.90 Å². The molecule has 3 rings (SSSR count). The summed E-state index contributed by atoms with van der Waals surface area (Å²) in [5.74, 6) is 0.748. The molecule has 0 aliphatic rings. The molecular weight excluding hydrogens is 380 g/mol. The summed E-state index contributed by atoms with van der Waals surface area (Å²) in [5.41, 5.74) is 1.80. The molecule has 3 N–H and O–H groups in total. The average Bonchev–Trinajstić information content (AvgIpc) is 2.72. The van der Waals surface area contributed by atoms with Gasteiger partial charge < -0.3 is 24.8 Å². The van der Waals surface area contributed by atoms with Gasteiger partial charge in [0.05, 0.1) is 40.3 Å². The van der Waals surface area contributed by atoms with Crippen LogP contribution in [-0.4, -0.2) is 49.7 Å². The Labute approximate surface area is 176 Å². The summed E-state index contributed by atoms with van der Waals surface area (Å²) >= 11 is 0. The highest BCUT2D eigenvalue weighted by molar-refractivity contribution is 5.89. The molecule has 0 fully saturated rings. The van der Waals surface area contributed by atoms with E-state index >= 15 is 0 Å². The number of fused-ring (bicyclic) bond motifs is 1. The quantitative estimate of drug-likeness (QED) is 0.533. The summed E-state index contributed by atoms with van der Waals surface area (Å²) < 4.78 is 5.57. The Hall–Kier alpha value is -3.32. The van der Waals surface area contributed by atoms with Gasteiger partial charge in [-0.25, -0.2) is 4.79 Å². The molecule has 0 unspecified atom stereocenters. The minimum atomic E-state index is -0.231. The van der Waals surface area contributed by atoms with Crippen LogP contribution in [0.1, 0.15) is 12.5 Å². The number of benzene rings is 2. The van der Waals surface area contributed by atoms with Crippen molar-refractivity contribution in [2.45, 2.75) is 13.5 Å². The number of H-pyrrole nitrogens is 1. The van der Waals surface area contributed by atoms with Crippen molar-refractivity contribution in [2.75, 3.05) is 39.1 Å². The molecule has 1 heterocycles. The number of carbonyl (C=O) groups excluding carboxylic acids is 1. The van der Waals surface area contributed by atoms with Crippen LogP contribution in [0.2, 0.25) is 0 Å². The minimum absolute atomic E-state index is 0.193. The first-order valence-electron chi connectivity index (χ1n) is 10.1. The number of pyridine rings is 1. The Morgan fingerprint density at radius 2 is 1.90 bits per heavy atom. The van der Waals surface area contributed by atoms with Crippen LogP contribution < -0.4 is 20.5 Å². The van der Waals surface area contributed by atoms with Crippen LogP contribution in [-0.2, 0) is 6.54 Å². The summed E-state index contributed by atoms with van der Waals surface area (Å²) in [6, 6.07) is 16.5. The molecular formula is C23H29N4O3+. The van der Waals surface area contributed by atoms with Gasteiger partial charge in [0.2, 0.25) is 0 Å². The Morgan fingerprint density at radius 3 is 2.60 bits per heavy atom. The van der Waals surface area contributed by atoms with E-state index in [1.165, 1.54) is 4.90 Å². The third kappa shape index (κ3) is 5.61. The van der Waals surface area contributed by atoms with Crippen molar-refractivity contribution in [2.24, 2.45) is 0 Å². The van der Waals surface area contributed by atoms with Crippen molar-refractivity contribution < 1.29 is 14.4 Å². The fourth-order valence-electron chi connectivity index (χ4n) is 3.14. The number of ether oxygens (including phenoxy) is 1. The maximum absolute atomic E-state index is 12.9. The zero-order valence-electron chi connectivity index (χ0n) is 17.7. The van der Waals surface area contributed by atoms with E-state index in [9.17, 15) is 9.59 Å². The monoisotopic (exact) mass is 409 g/mol. The zero-order chi connectivity index (χ0) is 21.5. The van der Waals surface area contributed by atoms with E-state index < -0.39 is 0 Å². The molecule has 3 aromatic rings.